The Morgan fingerprint density at radius 3 is 3.10 bits per heavy atom. The third kappa shape index (κ3) is 1.29. The first-order chi connectivity index (χ1) is 4.86. The van der Waals surface area contributed by atoms with Crippen LogP contribution in [0.4, 0.5) is 0 Å². The van der Waals surface area contributed by atoms with Crippen LogP contribution in [0, 0.1) is 18.4 Å². The highest BCUT2D eigenvalue weighted by Gasteiger charge is 1.89. The highest BCUT2D eigenvalue weighted by Crippen LogP contribution is 2.10. The third-order valence-corrected chi connectivity index (χ3v) is 1.16. The molecular formula is C9H7O. The maximum atomic E-state index is 5.14. The number of methoxy groups -OCH3 is 1. The van der Waals surface area contributed by atoms with Crippen LogP contribution in [0.1, 0.15) is 5.56 Å². The summed E-state index contributed by atoms with van der Waals surface area (Å²) in [6.07, 6.45) is 5.14. The van der Waals surface area contributed by atoms with Gasteiger partial charge in [0, 0.05) is 5.56 Å². The van der Waals surface area contributed by atoms with E-state index < -0.39 is 0 Å². The predicted octanol–water partition coefficient (Wildman–Crippen LogP) is 1.48. The van der Waals surface area contributed by atoms with Crippen molar-refractivity contribution in [3.05, 3.63) is 29.8 Å². The number of terminal acetylenes is 1. The van der Waals surface area contributed by atoms with Crippen LogP contribution in [0.15, 0.2) is 18.2 Å². The molecule has 0 aliphatic carbocycles. The van der Waals surface area contributed by atoms with E-state index in [4.69, 9.17) is 11.2 Å². The highest BCUT2D eigenvalue weighted by atomic mass is 16.5. The van der Waals surface area contributed by atoms with Crippen molar-refractivity contribution in [1.82, 2.24) is 0 Å². The standard InChI is InChI=1S/C9H7O/c1-3-8-5-4-6-9(7-8)10-2/h1,4,6-7H,2H3. The average molecular weight is 131 g/mol. The normalized spacial score (nSPS) is 8.40. The molecule has 1 aromatic rings. The van der Waals surface area contributed by atoms with E-state index in [9.17, 15) is 0 Å². The van der Waals surface area contributed by atoms with E-state index >= 15 is 0 Å². The van der Waals surface area contributed by atoms with Gasteiger partial charge >= 0.3 is 0 Å². The second-order valence-corrected chi connectivity index (χ2v) is 1.79. The molecule has 0 fully saturated rings. The summed E-state index contributed by atoms with van der Waals surface area (Å²) < 4.78 is 4.94. The molecule has 0 atom stereocenters. The Balaban J connectivity index is 3.01. The molecule has 0 heterocycles. The molecule has 0 aliphatic rings. The molecule has 0 unspecified atom stereocenters. The number of hydrogen-bond donors (Lipinski definition) is 0. The lowest BCUT2D eigenvalue weighted by molar-refractivity contribution is 0.414. The van der Waals surface area contributed by atoms with E-state index in [-0.39, 0.29) is 0 Å². The fourth-order valence-electron chi connectivity index (χ4n) is 0.656. The van der Waals surface area contributed by atoms with Crippen LogP contribution in [-0.2, 0) is 0 Å². The van der Waals surface area contributed by atoms with Crippen molar-refractivity contribution in [2.24, 2.45) is 0 Å². The lowest BCUT2D eigenvalue weighted by Gasteiger charge is -1.97. The summed E-state index contributed by atoms with van der Waals surface area (Å²) in [5.41, 5.74) is 0.722. The monoisotopic (exact) mass is 131 g/mol. The molecule has 0 spiro atoms. The van der Waals surface area contributed by atoms with Gasteiger partial charge in [0.25, 0.3) is 0 Å². The van der Waals surface area contributed by atoms with Gasteiger partial charge in [-0.15, -0.1) is 6.42 Å². The zero-order chi connectivity index (χ0) is 7.40. The Kier molecular flexibility index (Phi) is 1.96. The maximum absolute atomic E-state index is 5.14. The molecule has 0 saturated heterocycles. The van der Waals surface area contributed by atoms with E-state index in [1.165, 1.54) is 0 Å². The second kappa shape index (κ2) is 2.93. The first-order valence-electron chi connectivity index (χ1n) is 2.89. The van der Waals surface area contributed by atoms with E-state index in [1.807, 2.05) is 0 Å². The van der Waals surface area contributed by atoms with Gasteiger partial charge in [-0.05, 0) is 24.3 Å². The van der Waals surface area contributed by atoms with Crippen LogP contribution < -0.4 is 4.74 Å². The molecule has 1 rings (SSSR count). The van der Waals surface area contributed by atoms with Crippen molar-refractivity contribution in [2.75, 3.05) is 7.11 Å². The van der Waals surface area contributed by atoms with Gasteiger partial charge in [-0.25, -0.2) is 0 Å². The average Bonchev–Trinajstić information content (AvgIpc) is 2.05. The first-order valence-corrected chi connectivity index (χ1v) is 2.89. The molecule has 1 aromatic carbocycles. The van der Waals surface area contributed by atoms with E-state index in [2.05, 4.69) is 12.0 Å². The Morgan fingerprint density at radius 1 is 1.70 bits per heavy atom. The van der Waals surface area contributed by atoms with Crippen molar-refractivity contribution in [2.45, 2.75) is 0 Å². The van der Waals surface area contributed by atoms with Crippen LogP contribution in [-0.4, -0.2) is 7.11 Å². The smallest absolute Gasteiger partial charge is 0.120 e. The van der Waals surface area contributed by atoms with Crippen molar-refractivity contribution >= 4 is 0 Å². The SMILES string of the molecule is C#Cc1[c]ccc(OC)c1. The molecular weight excluding hydrogens is 124 g/mol. The lowest BCUT2D eigenvalue weighted by atomic mass is 10.2. The van der Waals surface area contributed by atoms with Gasteiger partial charge in [-0.3, -0.25) is 0 Å². The van der Waals surface area contributed by atoms with Crippen LogP contribution >= 0.6 is 0 Å². The van der Waals surface area contributed by atoms with Gasteiger partial charge in [0.15, 0.2) is 0 Å². The molecule has 0 amide bonds. The summed E-state index contributed by atoms with van der Waals surface area (Å²) >= 11 is 0. The molecule has 0 aromatic heterocycles. The molecule has 0 aliphatic heterocycles. The maximum Gasteiger partial charge on any atom is 0.120 e. The van der Waals surface area contributed by atoms with Gasteiger partial charge < -0.3 is 4.74 Å². The number of benzene rings is 1. The van der Waals surface area contributed by atoms with Crippen LogP contribution in [0.25, 0.3) is 0 Å². The number of ether oxygens (including phenoxy) is 1. The molecule has 1 nitrogen and oxygen atoms in total. The summed E-state index contributed by atoms with van der Waals surface area (Å²) in [5.74, 6) is 3.24. The van der Waals surface area contributed by atoms with Gasteiger partial charge in [-0.1, -0.05) is 5.92 Å². The number of rotatable bonds is 1. The van der Waals surface area contributed by atoms with Crippen molar-refractivity contribution in [3.8, 4) is 18.1 Å². The van der Waals surface area contributed by atoms with Crippen LogP contribution in [0.2, 0.25) is 0 Å². The summed E-state index contributed by atoms with van der Waals surface area (Å²) in [7, 11) is 1.61. The molecule has 49 valence electrons. The van der Waals surface area contributed by atoms with Crippen molar-refractivity contribution in [3.63, 3.8) is 0 Å². The molecule has 1 radical (unpaired) electrons. The van der Waals surface area contributed by atoms with E-state index in [0.717, 1.165) is 11.3 Å². The summed E-state index contributed by atoms with van der Waals surface area (Å²) in [5, 5.41) is 0. The van der Waals surface area contributed by atoms with Crippen LogP contribution in [0.5, 0.6) is 5.75 Å². The highest BCUT2D eigenvalue weighted by molar-refractivity contribution is 5.37. The van der Waals surface area contributed by atoms with E-state index in [0.29, 0.717) is 0 Å². The topological polar surface area (TPSA) is 9.23 Å². The summed E-state index contributed by atoms with van der Waals surface area (Å²) in [6, 6.07) is 8.19. The zero-order valence-electron chi connectivity index (χ0n) is 5.72. The lowest BCUT2D eigenvalue weighted by Crippen LogP contribution is -1.82. The second-order valence-electron chi connectivity index (χ2n) is 1.79. The predicted molar refractivity (Wildman–Crippen MR) is 39.8 cm³/mol. The zero-order valence-corrected chi connectivity index (χ0v) is 5.72. The summed E-state index contributed by atoms with van der Waals surface area (Å²) in [4.78, 5) is 0. The fourth-order valence-corrected chi connectivity index (χ4v) is 0.656. The minimum atomic E-state index is 0.722. The van der Waals surface area contributed by atoms with Gasteiger partial charge in [-0.2, -0.15) is 0 Å². The quantitative estimate of drug-likeness (QED) is 0.524. The Labute approximate surface area is 60.6 Å². The van der Waals surface area contributed by atoms with Gasteiger partial charge in [0.1, 0.15) is 5.75 Å². The molecule has 1 heteroatoms. The van der Waals surface area contributed by atoms with Crippen molar-refractivity contribution < 1.29 is 4.74 Å². The van der Waals surface area contributed by atoms with Crippen LogP contribution in [0.3, 0.4) is 0 Å². The molecule has 10 heavy (non-hydrogen) atoms. The first kappa shape index (κ1) is 6.70. The molecule has 0 bridgehead atoms. The minimum absolute atomic E-state index is 0.722. The third-order valence-electron chi connectivity index (χ3n) is 1.16. The summed E-state index contributed by atoms with van der Waals surface area (Å²) in [6.45, 7) is 0. The molecule has 0 saturated carbocycles. The molecule has 0 N–H and O–H groups in total. The Hall–Kier alpha value is -1.42. The van der Waals surface area contributed by atoms with Gasteiger partial charge in [0.2, 0.25) is 0 Å². The Bertz CT molecular complexity index is 258. The number of hydrogen-bond acceptors (Lipinski definition) is 1. The Morgan fingerprint density at radius 2 is 2.50 bits per heavy atom. The van der Waals surface area contributed by atoms with Crippen molar-refractivity contribution in [1.29, 1.82) is 0 Å². The van der Waals surface area contributed by atoms with Gasteiger partial charge in [0.05, 0.1) is 7.11 Å². The largest absolute Gasteiger partial charge is 0.497 e. The fraction of sp³-hybridized carbons (Fsp3) is 0.111. The minimum Gasteiger partial charge on any atom is -0.497 e. The van der Waals surface area contributed by atoms with E-state index in [1.54, 1.807) is 25.3 Å².